The first kappa shape index (κ1) is 9.71. The monoisotopic (exact) mass is 178 g/mol. The van der Waals surface area contributed by atoms with Gasteiger partial charge in [-0.1, -0.05) is 12.1 Å². The molecular formula is C10H14N2O. The molecule has 0 fully saturated rings. The molecule has 3 nitrogen and oxygen atoms in total. The normalized spacial score (nSPS) is 10.6. The quantitative estimate of drug-likeness (QED) is 0.651. The van der Waals surface area contributed by atoms with Crippen molar-refractivity contribution < 1.29 is 4.74 Å². The van der Waals surface area contributed by atoms with Crippen LogP contribution in [0.1, 0.15) is 5.56 Å². The minimum Gasteiger partial charge on any atom is -0.497 e. The topological polar surface area (TPSA) is 34.0 Å². The Morgan fingerprint density at radius 3 is 2.46 bits per heavy atom. The zero-order chi connectivity index (χ0) is 9.52. The molecule has 0 radical (unpaired) electrons. The van der Waals surface area contributed by atoms with E-state index in [1.807, 2.05) is 24.3 Å². The number of ether oxygens (including phenoxy) is 1. The van der Waals surface area contributed by atoms with Gasteiger partial charge in [-0.05, 0) is 24.1 Å². The van der Waals surface area contributed by atoms with Crippen LogP contribution in [0.5, 0.6) is 5.75 Å². The maximum atomic E-state index is 5.05. The number of benzene rings is 1. The van der Waals surface area contributed by atoms with Crippen molar-refractivity contribution in [2.45, 2.75) is 6.42 Å². The van der Waals surface area contributed by atoms with E-state index in [1.165, 1.54) is 5.56 Å². The summed E-state index contributed by atoms with van der Waals surface area (Å²) in [6.07, 6.45) is 0.932. The molecule has 0 heterocycles. The molecule has 0 bridgehead atoms. The Hall–Kier alpha value is -1.38. The van der Waals surface area contributed by atoms with Gasteiger partial charge in [0, 0.05) is 7.05 Å². The summed E-state index contributed by atoms with van der Waals surface area (Å²) in [4.78, 5) is 0. The third-order valence-corrected chi connectivity index (χ3v) is 1.80. The molecule has 0 aromatic heterocycles. The van der Waals surface area contributed by atoms with Gasteiger partial charge in [0.25, 0.3) is 0 Å². The van der Waals surface area contributed by atoms with Crippen LogP contribution in [0.4, 0.5) is 0 Å². The molecule has 0 spiro atoms. The van der Waals surface area contributed by atoms with Crippen LogP contribution in [0.2, 0.25) is 0 Å². The van der Waals surface area contributed by atoms with Crippen molar-refractivity contribution in [1.29, 1.82) is 0 Å². The van der Waals surface area contributed by atoms with Crippen molar-refractivity contribution in [3.63, 3.8) is 0 Å². The highest BCUT2D eigenvalue weighted by Crippen LogP contribution is 2.11. The highest BCUT2D eigenvalue weighted by atomic mass is 16.5. The van der Waals surface area contributed by atoms with Gasteiger partial charge >= 0.3 is 0 Å². The number of methoxy groups -OCH3 is 1. The van der Waals surface area contributed by atoms with Crippen molar-refractivity contribution in [3.8, 4) is 5.75 Å². The number of rotatable bonds is 4. The second kappa shape index (κ2) is 5.30. The van der Waals surface area contributed by atoms with Crippen molar-refractivity contribution in [1.82, 2.24) is 0 Å². The van der Waals surface area contributed by atoms with Gasteiger partial charge in [-0.2, -0.15) is 10.2 Å². The second-order valence-corrected chi connectivity index (χ2v) is 2.66. The van der Waals surface area contributed by atoms with E-state index in [0.29, 0.717) is 0 Å². The lowest BCUT2D eigenvalue weighted by molar-refractivity contribution is 0.414. The summed E-state index contributed by atoms with van der Waals surface area (Å²) in [6, 6.07) is 8.00. The van der Waals surface area contributed by atoms with Gasteiger partial charge in [-0.3, -0.25) is 0 Å². The Morgan fingerprint density at radius 2 is 1.92 bits per heavy atom. The Balaban J connectivity index is 2.49. The Bertz CT molecular complexity index is 267. The summed E-state index contributed by atoms with van der Waals surface area (Å²) in [5.41, 5.74) is 1.26. The van der Waals surface area contributed by atoms with Crippen LogP contribution in [0.3, 0.4) is 0 Å². The third-order valence-electron chi connectivity index (χ3n) is 1.80. The van der Waals surface area contributed by atoms with Gasteiger partial charge in [0.2, 0.25) is 0 Å². The maximum absolute atomic E-state index is 5.05. The number of azo groups is 1. The van der Waals surface area contributed by atoms with Crippen LogP contribution in [0, 0.1) is 0 Å². The molecule has 0 aliphatic rings. The first-order valence-electron chi connectivity index (χ1n) is 4.25. The Kier molecular flexibility index (Phi) is 3.96. The van der Waals surface area contributed by atoms with Crippen LogP contribution >= 0.6 is 0 Å². The van der Waals surface area contributed by atoms with E-state index in [9.17, 15) is 0 Å². The molecule has 70 valence electrons. The van der Waals surface area contributed by atoms with E-state index in [1.54, 1.807) is 14.2 Å². The minimum absolute atomic E-state index is 0.753. The highest BCUT2D eigenvalue weighted by Gasteiger charge is 1.92. The Labute approximate surface area is 78.5 Å². The standard InChI is InChI=1S/C10H14N2O/c1-11-12-8-7-9-3-5-10(13-2)6-4-9/h3-6H,7-8H2,1-2H3. The van der Waals surface area contributed by atoms with Gasteiger partial charge < -0.3 is 4.74 Å². The SMILES string of the molecule is CN=NCCc1ccc(OC)cc1. The zero-order valence-corrected chi connectivity index (χ0v) is 8.03. The smallest absolute Gasteiger partial charge is 0.118 e. The summed E-state index contributed by atoms with van der Waals surface area (Å²) in [6.45, 7) is 0.753. The molecule has 13 heavy (non-hydrogen) atoms. The molecule has 0 saturated carbocycles. The average molecular weight is 178 g/mol. The first-order valence-corrected chi connectivity index (χ1v) is 4.25. The van der Waals surface area contributed by atoms with Gasteiger partial charge in [0.1, 0.15) is 5.75 Å². The van der Waals surface area contributed by atoms with Crippen LogP contribution in [0.25, 0.3) is 0 Å². The number of hydrogen-bond acceptors (Lipinski definition) is 3. The molecule has 0 amide bonds. The van der Waals surface area contributed by atoms with Gasteiger partial charge in [0.05, 0.1) is 13.7 Å². The summed E-state index contributed by atoms with van der Waals surface area (Å²) in [7, 11) is 3.36. The fraction of sp³-hybridized carbons (Fsp3) is 0.400. The molecule has 0 aliphatic heterocycles. The summed E-state index contributed by atoms with van der Waals surface area (Å²) in [5, 5.41) is 7.59. The predicted molar refractivity (Wildman–Crippen MR) is 52.3 cm³/mol. The van der Waals surface area contributed by atoms with E-state index in [0.717, 1.165) is 18.7 Å². The number of nitrogens with zero attached hydrogens (tertiary/aromatic N) is 2. The first-order chi connectivity index (χ1) is 6.36. The Morgan fingerprint density at radius 1 is 1.23 bits per heavy atom. The van der Waals surface area contributed by atoms with E-state index >= 15 is 0 Å². The van der Waals surface area contributed by atoms with Crippen LogP contribution in [-0.4, -0.2) is 20.7 Å². The zero-order valence-electron chi connectivity index (χ0n) is 8.03. The molecule has 1 aromatic rings. The minimum atomic E-state index is 0.753. The molecular weight excluding hydrogens is 164 g/mol. The summed E-state index contributed by atoms with van der Waals surface area (Å²) >= 11 is 0. The fourth-order valence-corrected chi connectivity index (χ4v) is 1.07. The molecule has 0 unspecified atom stereocenters. The molecule has 0 atom stereocenters. The lowest BCUT2D eigenvalue weighted by atomic mass is 10.1. The molecule has 1 rings (SSSR count). The van der Waals surface area contributed by atoms with Gasteiger partial charge in [-0.25, -0.2) is 0 Å². The van der Waals surface area contributed by atoms with Crippen molar-refractivity contribution in [2.75, 3.05) is 20.7 Å². The van der Waals surface area contributed by atoms with Gasteiger partial charge in [0.15, 0.2) is 0 Å². The summed E-state index contributed by atoms with van der Waals surface area (Å²) in [5.74, 6) is 0.890. The lowest BCUT2D eigenvalue weighted by Crippen LogP contribution is -1.89. The van der Waals surface area contributed by atoms with Crippen LogP contribution in [0.15, 0.2) is 34.5 Å². The molecule has 3 heteroatoms. The fourth-order valence-electron chi connectivity index (χ4n) is 1.07. The maximum Gasteiger partial charge on any atom is 0.118 e. The van der Waals surface area contributed by atoms with Gasteiger partial charge in [-0.15, -0.1) is 0 Å². The average Bonchev–Trinajstić information content (AvgIpc) is 2.19. The lowest BCUT2D eigenvalue weighted by Gasteiger charge is -2.00. The van der Waals surface area contributed by atoms with Crippen molar-refractivity contribution >= 4 is 0 Å². The second-order valence-electron chi connectivity index (χ2n) is 2.66. The van der Waals surface area contributed by atoms with Crippen LogP contribution in [-0.2, 0) is 6.42 Å². The van der Waals surface area contributed by atoms with E-state index in [2.05, 4.69) is 10.2 Å². The largest absolute Gasteiger partial charge is 0.497 e. The predicted octanol–water partition coefficient (Wildman–Crippen LogP) is 2.32. The summed E-state index contributed by atoms with van der Waals surface area (Å²) < 4.78 is 5.05. The number of hydrogen-bond donors (Lipinski definition) is 0. The molecule has 0 aliphatic carbocycles. The highest BCUT2D eigenvalue weighted by molar-refractivity contribution is 5.27. The van der Waals surface area contributed by atoms with Crippen molar-refractivity contribution in [3.05, 3.63) is 29.8 Å². The molecule has 0 saturated heterocycles. The molecule has 0 N–H and O–H groups in total. The van der Waals surface area contributed by atoms with E-state index in [4.69, 9.17) is 4.74 Å². The van der Waals surface area contributed by atoms with Crippen LogP contribution < -0.4 is 4.74 Å². The molecule has 1 aromatic carbocycles. The third kappa shape index (κ3) is 3.23. The van der Waals surface area contributed by atoms with Crippen molar-refractivity contribution in [2.24, 2.45) is 10.2 Å². The van der Waals surface area contributed by atoms with E-state index in [-0.39, 0.29) is 0 Å². The van der Waals surface area contributed by atoms with E-state index < -0.39 is 0 Å².